The first-order valence-electron chi connectivity index (χ1n) is 5.86. The molecule has 0 amide bonds. The molecule has 0 aliphatic heterocycles. The van der Waals surface area contributed by atoms with E-state index in [1.54, 1.807) is 6.07 Å². The fourth-order valence-electron chi connectivity index (χ4n) is 2.52. The van der Waals surface area contributed by atoms with Gasteiger partial charge < -0.3 is 4.57 Å². The Labute approximate surface area is 95.3 Å². The largest absolute Gasteiger partial charge is 0.309 e. The van der Waals surface area contributed by atoms with E-state index in [0.29, 0.717) is 6.04 Å². The van der Waals surface area contributed by atoms with Crippen LogP contribution < -0.4 is 5.56 Å². The Balaban J connectivity index is 2.46. The Hall–Kier alpha value is -1.56. The molecule has 0 spiro atoms. The molecule has 3 heteroatoms. The minimum atomic E-state index is -0.116. The summed E-state index contributed by atoms with van der Waals surface area (Å²) >= 11 is 0. The van der Waals surface area contributed by atoms with Crippen LogP contribution in [-0.4, -0.2) is 4.57 Å². The number of pyridine rings is 1. The number of aryl methyl sites for hydroxylation is 1. The summed E-state index contributed by atoms with van der Waals surface area (Å²) in [4.78, 5) is 12.1. The van der Waals surface area contributed by atoms with Gasteiger partial charge in [0, 0.05) is 11.7 Å². The predicted octanol–water partition coefficient (Wildman–Crippen LogP) is 2.53. The Bertz CT molecular complexity index is 476. The van der Waals surface area contributed by atoms with Gasteiger partial charge in [0.2, 0.25) is 0 Å². The van der Waals surface area contributed by atoms with E-state index < -0.39 is 0 Å². The third-order valence-electron chi connectivity index (χ3n) is 3.38. The van der Waals surface area contributed by atoms with E-state index in [4.69, 9.17) is 5.26 Å². The minimum absolute atomic E-state index is 0.116. The molecule has 1 heterocycles. The summed E-state index contributed by atoms with van der Waals surface area (Å²) in [5, 5.41) is 8.87. The normalized spacial score (nSPS) is 17.0. The van der Waals surface area contributed by atoms with Crippen LogP contribution in [0.5, 0.6) is 0 Å². The van der Waals surface area contributed by atoms with Crippen LogP contribution in [0, 0.1) is 18.3 Å². The number of rotatable bonds is 1. The first kappa shape index (κ1) is 10.9. The fraction of sp³-hybridized carbons (Fsp3) is 0.538. The van der Waals surface area contributed by atoms with Gasteiger partial charge in [-0.3, -0.25) is 4.79 Å². The lowest BCUT2D eigenvalue weighted by Gasteiger charge is -2.25. The molecule has 16 heavy (non-hydrogen) atoms. The van der Waals surface area contributed by atoms with Crippen LogP contribution in [0.25, 0.3) is 0 Å². The summed E-state index contributed by atoms with van der Waals surface area (Å²) in [6.45, 7) is 1.94. The number of hydrogen-bond acceptors (Lipinski definition) is 2. The van der Waals surface area contributed by atoms with Gasteiger partial charge in [0.15, 0.2) is 0 Å². The Morgan fingerprint density at radius 2 is 2.00 bits per heavy atom. The van der Waals surface area contributed by atoms with Crippen molar-refractivity contribution in [2.45, 2.75) is 45.1 Å². The van der Waals surface area contributed by atoms with Crippen molar-refractivity contribution >= 4 is 0 Å². The van der Waals surface area contributed by atoms with E-state index in [1.807, 2.05) is 23.6 Å². The lowest BCUT2D eigenvalue weighted by molar-refractivity contribution is 0.341. The van der Waals surface area contributed by atoms with Gasteiger partial charge in [-0.1, -0.05) is 19.3 Å². The summed E-state index contributed by atoms with van der Waals surface area (Å²) in [5.74, 6) is 0. The summed E-state index contributed by atoms with van der Waals surface area (Å²) in [6.07, 6.45) is 5.77. The summed E-state index contributed by atoms with van der Waals surface area (Å²) in [5.41, 5.74) is 1.11. The second-order valence-corrected chi connectivity index (χ2v) is 4.47. The van der Waals surface area contributed by atoms with Gasteiger partial charge in [-0.05, 0) is 31.9 Å². The Morgan fingerprint density at radius 3 is 2.62 bits per heavy atom. The predicted molar refractivity (Wildman–Crippen MR) is 62.3 cm³/mol. The van der Waals surface area contributed by atoms with Gasteiger partial charge in [-0.2, -0.15) is 5.26 Å². The first-order valence-corrected chi connectivity index (χ1v) is 5.86. The number of aromatic nitrogens is 1. The van der Waals surface area contributed by atoms with Crippen LogP contribution in [0.4, 0.5) is 0 Å². The highest BCUT2D eigenvalue weighted by molar-refractivity contribution is 5.27. The van der Waals surface area contributed by atoms with E-state index in [-0.39, 0.29) is 11.1 Å². The van der Waals surface area contributed by atoms with Gasteiger partial charge in [0.25, 0.3) is 5.56 Å². The van der Waals surface area contributed by atoms with E-state index in [9.17, 15) is 4.79 Å². The average molecular weight is 216 g/mol. The molecule has 1 aromatic rings. The number of nitriles is 1. The standard InChI is InChI=1S/C13H16N2O/c1-10-7-8-11(9-14)13(16)15(10)12-5-3-2-4-6-12/h7-8,12H,2-6H2,1H3. The fourth-order valence-corrected chi connectivity index (χ4v) is 2.52. The van der Waals surface area contributed by atoms with Crippen LogP contribution in [-0.2, 0) is 0 Å². The topological polar surface area (TPSA) is 45.8 Å². The molecule has 1 aliphatic carbocycles. The SMILES string of the molecule is Cc1ccc(C#N)c(=O)n1C1CCCCC1. The molecule has 1 aliphatic rings. The quantitative estimate of drug-likeness (QED) is 0.724. The third-order valence-corrected chi connectivity index (χ3v) is 3.38. The first-order chi connectivity index (χ1) is 7.74. The molecule has 3 nitrogen and oxygen atoms in total. The van der Waals surface area contributed by atoms with Crippen molar-refractivity contribution in [1.29, 1.82) is 5.26 Å². The third kappa shape index (κ3) is 1.88. The van der Waals surface area contributed by atoms with Crippen molar-refractivity contribution in [2.24, 2.45) is 0 Å². The van der Waals surface area contributed by atoms with Crippen LogP contribution in [0.15, 0.2) is 16.9 Å². The molecular formula is C13H16N2O. The van der Waals surface area contributed by atoms with Gasteiger partial charge in [-0.25, -0.2) is 0 Å². The van der Waals surface area contributed by atoms with Crippen LogP contribution in [0.1, 0.15) is 49.4 Å². The molecule has 0 bridgehead atoms. The zero-order chi connectivity index (χ0) is 11.5. The molecule has 1 saturated carbocycles. The molecule has 1 aromatic heterocycles. The molecule has 84 valence electrons. The maximum atomic E-state index is 12.1. The molecule has 0 aromatic carbocycles. The highest BCUT2D eigenvalue weighted by Crippen LogP contribution is 2.27. The maximum absolute atomic E-state index is 12.1. The van der Waals surface area contributed by atoms with Crippen LogP contribution >= 0.6 is 0 Å². The Kier molecular flexibility index (Phi) is 3.09. The maximum Gasteiger partial charge on any atom is 0.268 e. The van der Waals surface area contributed by atoms with E-state index in [1.165, 1.54) is 19.3 Å². The summed E-state index contributed by atoms with van der Waals surface area (Å²) in [7, 11) is 0. The number of hydrogen-bond donors (Lipinski definition) is 0. The summed E-state index contributed by atoms with van der Waals surface area (Å²) in [6, 6.07) is 5.76. The van der Waals surface area contributed by atoms with Gasteiger partial charge in [0.05, 0.1) is 0 Å². The van der Waals surface area contributed by atoms with E-state index >= 15 is 0 Å². The van der Waals surface area contributed by atoms with Crippen molar-refractivity contribution in [3.63, 3.8) is 0 Å². The molecule has 0 unspecified atom stereocenters. The smallest absolute Gasteiger partial charge is 0.268 e. The molecule has 0 radical (unpaired) electrons. The Morgan fingerprint density at radius 1 is 1.31 bits per heavy atom. The molecule has 1 fully saturated rings. The highest BCUT2D eigenvalue weighted by Gasteiger charge is 2.18. The van der Waals surface area contributed by atoms with Crippen molar-refractivity contribution in [2.75, 3.05) is 0 Å². The molecule has 0 N–H and O–H groups in total. The van der Waals surface area contributed by atoms with Crippen molar-refractivity contribution < 1.29 is 0 Å². The van der Waals surface area contributed by atoms with Crippen molar-refractivity contribution in [3.05, 3.63) is 33.7 Å². The second kappa shape index (κ2) is 4.52. The number of nitrogens with zero attached hydrogens (tertiary/aromatic N) is 2. The summed E-state index contributed by atoms with van der Waals surface area (Å²) < 4.78 is 1.82. The van der Waals surface area contributed by atoms with Crippen molar-refractivity contribution in [3.8, 4) is 6.07 Å². The van der Waals surface area contributed by atoms with Gasteiger partial charge in [-0.15, -0.1) is 0 Å². The average Bonchev–Trinajstić information content (AvgIpc) is 2.31. The molecule has 2 rings (SSSR count). The zero-order valence-corrected chi connectivity index (χ0v) is 9.57. The molecule has 0 atom stereocenters. The van der Waals surface area contributed by atoms with Crippen LogP contribution in [0.2, 0.25) is 0 Å². The van der Waals surface area contributed by atoms with E-state index in [2.05, 4.69) is 0 Å². The van der Waals surface area contributed by atoms with E-state index in [0.717, 1.165) is 18.5 Å². The van der Waals surface area contributed by atoms with Gasteiger partial charge >= 0.3 is 0 Å². The minimum Gasteiger partial charge on any atom is -0.309 e. The lowest BCUT2D eigenvalue weighted by atomic mass is 9.94. The second-order valence-electron chi connectivity index (χ2n) is 4.47. The molecular weight excluding hydrogens is 200 g/mol. The monoisotopic (exact) mass is 216 g/mol. The zero-order valence-electron chi connectivity index (χ0n) is 9.57. The highest BCUT2D eigenvalue weighted by atomic mass is 16.1. The van der Waals surface area contributed by atoms with Crippen molar-refractivity contribution in [1.82, 2.24) is 4.57 Å². The molecule has 0 saturated heterocycles. The van der Waals surface area contributed by atoms with Crippen LogP contribution in [0.3, 0.4) is 0 Å². The van der Waals surface area contributed by atoms with Gasteiger partial charge in [0.1, 0.15) is 11.6 Å². The lowest BCUT2D eigenvalue weighted by Crippen LogP contribution is -2.29.